The number of rotatable bonds is 5. The van der Waals surface area contributed by atoms with Crippen LogP contribution in [-0.4, -0.2) is 34.4 Å². The highest BCUT2D eigenvalue weighted by atomic mass is 16.4. The molecule has 0 aromatic carbocycles. The van der Waals surface area contributed by atoms with Gasteiger partial charge in [0.1, 0.15) is 0 Å². The lowest BCUT2D eigenvalue weighted by Gasteiger charge is -2.36. The normalized spacial score (nSPS) is 24.2. The van der Waals surface area contributed by atoms with E-state index in [4.69, 9.17) is 0 Å². The van der Waals surface area contributed by atoms with Crippen LogP contribution in [0.15, 0.2) is 36.5 Å². The van der Waals surface area contributed by atoms with E-state index in [9.17, 15) is 15.0 Å². The van der Waals surface area contributed by atoms with Gasteiger partial charge < -0.3 is 15.5 Å². The average molecular weight is 251 g/mol. The highest BCUT2D eigenvalue weighted by Gasteiger charge is 2.46. The van der Waals surface area contributed by atoms with Crippen LogP contribution >= 0.6 is 0 Å². The Labute approximate surface area is 108 Å². The number of aliphatic hydroxyl groups is 1. The first-order valence-corrected chi connectivity index (χ1v) is 6.21. The van der Waals surface area contributed by atoms with Crippen molar-refractivity contribution in [3.8, 4) is 0 Å². The van der Waals surface area contributed by atoms with E-state index in [0.29, 0.717) is 6.42 Å². The number of carboxylic acids is 1. The molecule has 18 heavy (non-hydrogen) atoms. The molecule has 0 aliphatic carbocycles. The molecule has 1 aliphatic rings. The Morgan fingerprint density at radius 3 is 2.67 bits per heavy atom. The first-order valence-electron chi connectivity index (χ1n) is 6.21. The summed E-state index contributed by atoms with van der Waals surface area (Å²) in [5, 5.41) is 22.8. The van der Waals surface area contributed by atoms with Gasteiger partial charge in [0, 0.05) is 0 Å². The molecule has 3 N–H and O–H groups in total. The van der Waals surface area contributed by atoms with Crippen molar-refractivity contribution < 1.29 is 15.0 Å². The maximum Gasteiger partial charge on any atom is 0.342 e. The van der Waals surface area contributed by atoms with E-state index < -0.39 is 17.6 Å². The highest BCUT2D eigenvalue weighted by Crippen LogP contribution is 2.27. The first kappa shape index (κ1) is 14.7. The van der Waals surface area contributed by atoms with E-state index in [1.807, 2.05) is 13.0 Å². The Balaban J connectivity index is 2.91. The molecule has 1 rings (SSSR count). The highest BCUT2D eigenvalue weighted by molar-refractivity contribution is 5.83. The number of hydrogen-bond acceptors (Lipinski definition) is 3. The molecule has 0 aromatic heterocycles. The molecule has 1 fully saturated rings. The molecule has 2 atom stereocenters. The van der Waals surface area contributed by atoms with Gasteiger partial charge in [-0.1, -0.05) is 37.3 Å². The zero-order chi connectivity index (χ0) is 13.6. The quantitative estimate of drug-likeness (QED) is 0.650. The van der Waals surface area contributed by atoms with E-state index in [1.54, 1.807) is 18.2 Å². The maximum atomic E-state index is 11.4. The van der Waals surface area contributed by atoms with Gasteiger partial charge in [-0.3, -0.25) is 0 Å². The van der Waals surface area contributed by atoms with E-state index in [1.165, 1.54) is 0 Å². The summed E-state index contributed by atoms with van der Waals surface area (Å²) in [7, 11) is 0. The third-order valence-electron chi connectivity index (χ3n) is 3.23. The van der Waals surface area contributed by atoms with E-state index in [0.717, 1.165) is 19.4 Å². The van der Waals surface area contributed by atoms with Gasteiger partial charge in [-0.2, -0.15) is 0 Å². The van der Waals surface area contributed by atoms with Crippen LogP contribution in [0.1, 0.15) is 26.2 Å². The largest absolute Gasteiger partial charge is 0.479 e. The van der Waals surface area contributed by atoms with Crippen molar-refractivity contribution in [1.82, 2.24) is 5.32 Å². The molecular formula is C14H21NO3. The minimum absolute atomic E-state index is 0.201. The molecule has 0 spiro atoms. The van der Waals surface area contributed by atoms with Gasteiger partial charge in [0.2, 0.25) is 5.60 Å². The topological polar surface area (TPSA) is 69.6 Å². The monoisotopic (exact) mass is 251 g/mol. The average Bonchev–Trinajstić information content (AvgIpc) is 2.38. The Morgan fingerprint density at radius 1 is 1.44 bits per heavy atom. The summed E-state index contributed by atoms with van der Waals surface area (Å²) in [6.07, 6.45) is 9.37. The van der Waals surface area contributed by atoms with Gasteiger partial charge in [0.25, 0.3) is 0 Å². The van der Waals surface area contributed by atoms with Crippen LogP contribution in [0, 0.1) is 0 Å². The van der Waals surface area contributed by atoms with Crippen LogP contribution in [0.3, 0.4) is 0 Å². The summed E-state index contributed by atoms with van der Waals surface area (Å²) >= 11 is 0. The second kappa shape index (κ2) is 6.52. The predicted molar refractivity (Wildman–Crippen MR) is 71.3 cm³/mol. The molecule has 0 saturated carbocycles. The first-order chi connectivity index (χ1) is 8.53. The van der Waals surface area contributed by atoms with Crippen molar-refractivity contribution in [3.05, 3.63) is 36.5 Å². The van der Waals surface area contributed by atoms with Gasteiger partial charge in [-0.05, 0) is 31.9 Å². The Morgan fingerprint density at radius 2 is 2.17 bits per heavy atom. The second-order valence-corrected chi connectivity index (χ2v) is 4.48. The summed E-state index contributed by atoms with van der Waals surface area (Å²) in [6, 6.07) is -0.480. The van der Waals surface area contributed by atoms with Crippen molar-refractivity contribution >= 4 is 5.97 Å². The van der Waals surface area contributed by atoms with Crippen molar-refractivity contribution in [1.29, 1.82) is 0 Å². The fourth-order valence-electron chi connectivity index (χ4n) is 2.13. The Hall–Kier alpha value is -1.39. The molecule has 0 aromatic rings. The standard InChI is InChI=1S/C14H21NO3/c1-3-4-5-8-11(2)14(18,13(16)17)12-9-6-7-10-15-12/h3-5,8,12,15,18H,2,6-7,9-10H2,1H3,(H,16,17)/b4-3-,8-5-/t12-,14+/m1/s1. The number of hydrogen-bond donors (Lipinski definition) is 3. The SMILES string of the molecule is C=C(/C=C\C=C/C)[C@@](O)(C(=O)O)[C@H]1CCCCN1. The fraction of sp³-hybridized carbons (Fsp3) is 0.500. The maximum absolute atomic E-state index is 11.4. The molecule has 100 valence electrons. The molecule has 4 nitrogen and oxygen atoms in total. The number of carboxylic acid groups (broad SMARTS) is 1. The van der Waals surface area contributed by atoms with E-state index in [2.05, 4.69) is 11.9 Å². The van der Waals surface area contributed by atoms with Crippen molar-refractivity contribution in [2.24, 2.45) is 0 Å². The van der Waals surface area contributed by atoms with E-state index in [-0.39, 0.29) is 5.57 Å². The molecule has 1 saturated heterocycles. The summed E-state index contributed by atoms with van der Waals surface area (Å²) in [5.41, 5.74) is -1.73. The molecule has 0 amide bonds. The lowest BCUT2D eigenvalue weighted by atomic mass is 9.82. The summed E-state index contributed by atoms with van der Waals surface area (Å²) in [5.74, 6) is -1.25. The van der Waals surface area contributed by atoms with Crippen molar-refractivity contribution in [3.63, 3.8) is 0 Å². The molecule has 0 bridgehead atoms. The van der Waals surface area contributed by atoms with Crippen LogP contribution < -0.4 is 5.32 Å². The summed E-state index contributed by atoms with van der Waals surface area (Å²) in [4.78, 5) is 11.4. The predicted octanol–water partition coefficient (Wildman–Crippen LogP) is 1.63. The number of piperidine rings is 1. The Bertz CT molecular complexity index is 367. The van der Waals surface area contributed by atoms with Crippen LogP contribution in [0.25, 0.3) is 0 Å². The van der Waals surface area contributed by atoms with Gasteiger partial charge >= 0.3 is 5.97 Å². The Kier molecular flexibility index (Phi) is 5.31. The zero-order valence-corrected chi connectivity index (χ0v) is 10.7. The third-order valence-corrected chi connectivity index (χ3v) is 3.23. The lowest BCUT2D eigenvalue weighted by Crippen LogP contribution is -2.58. The summed E-state index contributed by atoms with van der Waals surface area (Å²) in [6.45, 7) is 6.29. The van der Waals surface area contributed by atoms with Crippen LogP contribution in [0.4, 0.5) is 0 Å². The molecular weight excluding hydrogens is 230 g/mol. The van der Waals surface area contributed by atoms with Crippen molar-refractivity contribution in [2.75, 3.05) is 6.54 Å². The number of aliphatic carboxylic acids is 1. The van der Waals surface area contributed by atoms with Gasteiger partial charge in [-0.25, -0.2) is 4.79 Å². The van der Waals surface area contributed by atoms with Crippen molar-refractivity contribution in [2.45, 2.75) is 37.8 Å². The minimum Gasteiger partial charge on any atom is -0.479 e. The summed E-state index contributed by atoms with van der Waals surface area (Å²) < 4.78 is 0. The zero-order valence-electron chi connectivity index (χ0n) is 10.7. The van der Waals surface area contributed by atoms with Crippen LogP contribution in [0.2, 0.25) is 0 Å². The second-order valence-electron chi connectivity index (χ2n) is 4.48. The number of carbonyl (C=O) groups is 1. The lowest BCUT2D eigenvalue weighted by molar-refractivity contribution is -0.157. The minimum atomic E-state index is -1.93. The van der Waals surface area contributed by atoms with Crippen LogP contribution in [0.5, 0.6) is 0 Å². The third kappa shape index (κ3) is 3.09. The molecule has 1 heterocycles. The number of nitrogens with one attached hydrogen (secondary N) is 1. The molecule has 0 radical (unpaired) electrons. The molecule has 1 aliphatic heterocycles. The van der Waals surface area contributed by atoms with Gasteiger partial charge in [-0.15, -0.1) is 0 Å². The van der Waals surface area contributed by atoms with Gasteiger partial charge in [0.15, 0.2) is 0 Å². The van der Waals surface area contributed by atoms with Crippen LogP contribution in [-0.2, 0) is 4.79 Å². The molecule has 0 unspecified atom stereocenters. The smallest absolute Gasteiger partial charge is 0.342 e. The fourth-order valence-corrected chi connectivity index (χ4v) is 2.13. The van der Waals surface area contributed by atoms with Gasteiger partial charge in [0.05, 0.1) is 6.04 Å². The molecule has 4 heteroatoms. The van der Waals surface area contributed by atoms with E-state index >= 15 is 0 Å². The number of allylic oxidation sites excluding steroid dienone is 3.